The van der Waals surface area contributed by atoms with Crippen LogP contribution in [0, 0.1) is 11.3 Å². The van der Waals surface area contributed by atoms with E-state index < -0.39 is 0 Å². The maximum atomic E-state index is 5.83. The summed E-state index contributed by atoms with van der Waals surface area (Å²) in [4.78, 5) is 0. The van der Waals surface area contributed by atoms with Gasteiger partial charge >= 0.3 is 0 Å². The summed E-state index contributed by atoms with van der Waals surface area (Å²) in [6.07, 6.45) is 5.04. The predicted molar refractivity (Wildman–Crippen MR) is 58.1 cm³/mol. The molecule has 1 aliphatic heterocycles. The molecule has 1 saturated carbocycles. The van der Waals surface area contributed by atoms with E-state index in [4.69, 9.17) is 4.74 Å². The lowest BCUT2D eigenvalue weighted by molar-refractivity contribution is -0.0591. The third-order valence-corrected chi connectivity index (χ3v) is 3.95. The molecule has 0 radical (unpaired) electrons. The van der Waals surface area contributed by atoms with Crippen molar-refractivity contribution in [3.8, 4) is 0 Å². The van der Waals surface area contributed by atoms with Gasteiger partial charge in [-0.15, -0.1) is 0 Å². The summed E-state index contributed by atoms with van der Waals surface area (Å²) >= 11 is 0. The second-order valence-corrected chi connectivity index (χ2v) is 5.91. The zero-order valence-corrected chi connectivity index (χ0v) is 9.73. The van der Waals surface area contributed by atoms with E-state index in [0.717, 1.165) is 19.1 Å². The largest absolute Gasteiger partial charge is 0.359 e. The average Bonchev–Trinajstić information content (AvgIpc) is 2.53. The topological polar surface area (TPSA) is 21.3 Å². The predicted octanol–water partition coefficient (Wildman–Crippen LogP) is 2.54. The Morgan fingerprint density at radius 2 is 1.86 bits per heavy atom. The second-order valence-electron chi connectivity index (χ2n) is 5.91. The number of rotatable bonds is 0. The van der Waals surface area contributed by atoms with E-state index in [1.807, 2.05) is 0 Å². The molecular formula is C12H23NO. The van der Waals surface area contributed by atoms with Crippen molar-refractivity contribution in [1.29, 1.82) is 0 Å². The monoisotopic (exact) mass is 197 g/mol. The van der Waals surface area contributed by atoms with Crippen LogP contribution in [0.15, 0.2) is 0 Å². The first-order valence-corrected chi connectivity index (χ1v) is 5.91. The molecule has 2 rings (SSSR count). The Hall–Kier alpha value is -0.0800. The van der Waals surface area contributed by atoms with Gasteiger partial charge in [0.1, 0.15) is 5.72 Å². The number of hydrogen-bond acceptors (Lipinski definition) is 2. The lowest BCUT2D eigenvalue weighted by atomic mass is 9.70. The van der Waals surface area contributed by atoms with Crippen LogP contribution < -0.4 is 5.32 Å². The molecule has 1 saturated heterocycles. The molecule has 2 nitrogen and oxygen atoms in total. The molecule has 1 N–H and O–H groups in total. The van der Waals surface area contributed by atoms with E-state index in [-0.39, 0.29) is 5.72 Å². The third-order valence-electron chi connectivity index (χ3n) is 3.95. The summed E-state index contributed by atoms with van der Waals surface area (Å²) in [5.74, 6) is 0.874. The van der Waals surface area contributed by atoms with Gasteiger partial charge in [-0.1, -0.05) is 20.8 Å². The van der Waals surface area contributed by atoms with Crippen molar-refractivity contribution in [3.05, 3.63) is 0 Å². The minimum absolute atomic E-state index is 0.0712. The summed E-state index contributed by atoms with van der Waals surface area (Å²) < 4.78 is 5.83. The lowest BCUT2D eigenvalue weighted by Gasteiger charge is -2.41. The molecule has 0 unspecified atom stereocenters. The van der Waals surface area contributed by atoms with Crippen LogP contribution >= 0.6 is 0 Å². The van der Waals surface area contributed by atoms with Gasteiger partial charge < -0.3 is 4.74 Å². The number of nitrogens with one attached hydrogen (secondary N) is 1. The number of ether oxygens (including phenoxy) is 1. The van der Waals surface area contributed by atoms with Gasteiger partial charge in [-0.2, -0.15) is 0 Å². The van der Waals surface area contributed by atoms with Crippen LogP contribution in [0.3, 0.4) is 0 Å². The van der Waals surface area contributed by atoms with Gasteiger partial charge in [-0.25, -0.2) is 0 Å². The Labute approximate surface area is 87.4 Å². The molecule has 82 valence electrons. The van der Waals surface area contributed by atoms with Gasteiger partial charge in [0.15, 0.2) is 0 Å². The van der Waals surface area contributed by atoms with Gasteiger partial charge in [-0.3, -0.25) is 5.32 Å². The van der Waals surface area contributed by atoms with Crippen molar-refractivity contribution in [2.75, 3.05) is 13.2 Å². The van der Waals surface area contributed by atoms with E-state index in [2.05, 4.69) is 26.1 Å². The third kappa shape index (κ3) is 1.96. The molecular weight excluding hydrogens is 174 g/mol. The highest BCUT2D eigenvalue weighted by Crippen LogP contribution is 2.42. The van der Waals surface area contributed by atoms with Crippen molar-refractivity contribution in [1.82, 2.24) is 5.32 Å². The van der Waals surface area contributed by atoms with Crippen molar-refractivity contribution in [2.24, 2.45) is 11.3 Å². The zero-order valence-electron chi connectivity index (χ0n) is 9.73. The van der Waals surface area contributed by atoms with Crippen LogP contribution in [0.5, 0.6) is 0 Å². The fourth-order valence-electron chi connectivity index (χ4n) is 2.85. The summed E-state index contributed by atoms with van der Waals surface area (Å²) in [6, 6.07) is 0. The maximum absolute atomic E-state index is 5.83. The van der Waals surface area contributed by atoms with E-state index >= 15 is 0 Å². The molecule has 0 bridgehead atoms. The van der Waals surface area contributed by atoms with Crippen molar-refractivity contribution in [2.45, 2.75) is 52.2 Å². The molecule has 0 aromatic rings. The summed E-state index contributed by atoms with van der Waals surface area (Å²) in [7, 11) is 0. The Morgan fingerprint density at radius 1 is 1.21 bits per heavy atom. The molecule has 1 spiro atoms. The van der Waals surface area contributed by atoms with Crippen LogP contribution in [0.1, 0.15) is 46.5 Å². The Morgan fingerprint density at radius 3 is 2.29 bits per heavy atom. The standard InChI is InChI=1S/C12H23NO/c1-11(2,3)10-4-6-12(7-5-10)13-8-9-14-12/h10,13H,4-9H2,1-3H3. The van der Waals surface area contributed by atoms with Gasteiger partial charge in [0, 0.05) is 6.54 Å². The van der Waals surface area contributed by atoms with E-state index in [1.165, 1.54) is 25.7 Å². The Bertz CT molecular complexity index is 191. The molecule has 2 fully saturated rings. The Kier molecular flexibility index (Phi) is 2.61. The fourth-order valence-corrected chi connectivity index (χ4v) is 2.85. The first-order chi connectivity index (χ1) is 6.52. The molecule has 2 aliphatic rings. The van der Waals surface area contributed by atoms with Gasteiger partial charge in [0.2, 0.25) is 0 Å². The maximum Gasteiger partial charge on any atom is 0.119 e. The van der Waals surface area contributed by atoms with Gasteiger partial charge in [0.05, 0.1) is 6.61 Å². The highest BCUT2D eigenvalue weighted by Gasteiger charge is 2.41. The summed E-state index contributed by atoms with van der Waals surface area (Å²) in [5, 5.41) is 3.52. The zero-order chi connectivity index (χ0) is 10.2. The molecule has 14 heavy (non-hydrogen) atoms. The molecule has 1 heterocycles. The smallest absolute Gasteiger partial charge is 0.119 e. The van der Waals surface area contributed by atoms with Crippen molar-refractivity contribution >= 4 is 0 Å². The van der Waals surface area contributed by atoms with Crippen LogP contribution in [0.25, 0.3) is 0 Å². The molecule has 2 heteroatoms. The molecule has 0 aromatic carbocycles. The SMILES string of the molecule is CC(C)(C)C1CCC2(CC1)NCCO2. The van der Waals surface area contributed by atoms with Crippen molar-refractivity contribution < 1.29 is 4.74 Å². The number of hydrogen-bond donors (Lipinski definition) is 1. The van der Waals surface area contributed by atoms with Crippen LogP contribution in [0.2, 0.25) is 0 Å². The summed E-state index contributed by atoms with van der Waals surface area (Å²) in [5.41, 5.74) is 0.544. The molecule has 0 atom stereocenters. The van der Waals surface area contributed by atoms with E-state index in [9.17, 15) is 0 Å². The van der Waals surface area contributed by atoms with Crippen molar-refractivity contribution in [3.63, 3.8) is 0 Å². The lowest BCUT2D eigenvalue weighted by Crippen LogP contribution is -2.45. The first-order valence-electron chi connectivity index (χ1n) is 5.91. The second kappa shape index (κ2) is 3.49. The average molecular weight is 197 g/mol. The highest BCUT2D eigenvalue weighted by atomic mass is 16.5. The molecule has 0 amide bonds. The Balaban J connectivity index is 1.92. The minimum Gasteiger partial charge on any atom is -0.359 e. The van der Waals surface area contributed by atoms with E-state index in [0.29, 0.717) is 5.41 Å². The first kappa shape index (κ1) is 10.4. The van der Waals surface area contributed by atoms with Gasteiger partial charge in [-0.05, 0) is 37.0 Å². The van der Waals surface area contributed by atoms with Crippen LogP contribution in [-0.2, 0) is 4.74 Å². The van der Waals surface area contributed by atoms with E-state index in [1.54, 1.807) is 0 Å². The van der Waals surface area contributed by atoms with Gasteiger partial charge in [0.25, 0.3) is 0 Å². The van der Waals surface area contributed by atoms with Crippen LogP contribution in [-0.4, -0.2) is 18.9 Å². The normalized spacial score (nSPS) is 39.2. The summed E-state index contributed by atoms with van der Waals surface area (Å²) in [6.45, 7) is 9.02. The van der Waals surface area contributed by atoms with Crippen LogP contribution in [0.4, 0.5) is 0 Å². The fraction of sp³-hybridized carbons (Fsp3) is 1.00. The highest BCUT2D eigenvalue weighted by molar-refractivity contribution is 4.91. The minimum atomic E-state index is 0.0712. The molecule has 0 aromatic heterocycles. The molecule has 1 aliphatic carbocycles. The quantitative estimate of drug-likeness (QED) is 0.644.